The van der Waals surface area contributed by atoms with E-state index in [1.807, 2.05) is 6.07 Å². The zero-order chi connectivity index (χ0) is 18.4. The molecule has 1 heterocycles. The minimum Gasteiger partial charge on any atom is -0.496 e. The first kappa shape index (κ1) is 19.5. The Morgan fingerprint density at radius 1 is 1.31 bits per heavy atom. The number of nitrogens with one attached hydrogen (secondary N) is 1. The maximum atomic E-state index is 12.6. The summed E-state index contributed by atoms with van der Waals surface area (Å²) in [6.07, 6.45) is 7.54. The molecule has 0 aliphatic heterocycles. The van der Waals surface area contributed by atoms with Crippen LogP contribution in [-0.2, 0) is 12.2 Å². The van der Waals surface area contributed by atoms with Gasteiger partial charge in [0.2, 0.25) is 5.16 Å². The van der Waals surface area contributed by atoms with Gasteiger partial charge in [0, 0.05) is 12.2 Å². The number of H-pyrrole nitrogens is 1. The highest BCUT2D eigenvalue weighted by Crippen LogP contribution is 2.35. The van der Waals surface area contributed by atoms with E-state index < -0.39 is 5.76 Å². The molecule has 1 aliphatic rings. The van der Waals surface area contributed by atoms with Crippen LogP contribution in [0.3, 0.4) is 0 Å². The number of hydrogen-bond acceptors (Lipinski definition) is 5. The molecule has 2 aromatic rings. The molecule has 0 saturated heterocycles. The van der Waals surface area contributed by atoms with Gasteiger partial charge in [-0.15, -0.1) is 5.10 Å². The van der Waals surface area contributed by atoms with Crippen molar-refractivity contribution < 1.29 is 13.5 Å². The van der Waals surface area contributed by atoms with Crippen LogP contribution in [0.2, 0.25) is 0 Å². The first-order valence-corrected chi connectivity index (χ1v) is 10.7. The van der Waals surface area contributed by atoms with Crippen LogP contribution in [0.15, 0.2) is 28.3 Å². The van der Waals surface area contributed by atoms with E-state index in [0.29, 0.717) is 28.2 Å². The topological polar surface area (TPSA) is 50.8 Å². The first-order chi connectivity index (χ1) is 12.6. The van der Waals surface area contributed by atoms with Gasteiger partial charge in [0.15, 0.2) is 0 Å². The predicted molar refractivity (Wildman–Crippen MR) is 101 cm³/mol. The highest BCUT2D eigenvalue weighted by Gasteiger charge is 2.16. The van der Waals surface area contributed by atoms with Crippen LogP contribution in [-0.4, -0.2) is 28.0 Å². The second-order valence-electron chi connectivity index (χ2n) is 6.41. The molecule has 1 saturated carbocycles. The van der Waals surface area contributed by atoms with Gasteiger partial charge >= 0.3 is 0 Å². The minimum absolute atomic E-state index is 0.448. The van der Waals surface area contributed by atoms with E-state index >= 15 is 0 Å². The molecule has 0 spiro atoms. The lowest BCUT2D eigenvalue weighted by Gasteiger charge is -2.09. The number of nitrogens with zero attached hydrogens (tertiary/aromatic N) is 2. The molecule has 1 aromatic carbocycles. The predicted octanol–water partition coefficient (Wildman–Crippen LogP) is 5.54. The number of halogens is 2. The summed E-state index contributed by atoms with van der Waals surface area (Å²) in [7, 11) is 1.49. The molecule has 4 nitrogen and oxygen atoms in total. The number of aromatic nitrogens is 3. The van der Waals surface area contributed by atoms with Crippen LogP contribution in [0.25, 0.3) is 0 Å². The van der Waals surface area contributed by atoms with E-state index in [4.69, 9.17) is 4.74 Å². The molecule has 26 heavy (non-hydrogen) atoms. The summed E-state index contributed by atoms with van der Waals surface area (Å²) in [6, 6.07) is 5.32. The van der Waals surface area contributed by atoms with Crippen molar-refractivity contribution in [1.82, 2.24) is 15.2 Å². The second kappa shape index (κ2) is 9.60. The molecular formula is C18H23F2N3OS2. The van der Waals surface area contributed by atoms with Gasteiger partial charge in [-0.1, -0.05) is 55.3 Å². The molecule has 142 valence electrons. The third kappa shape index (κ3) is 5.61. The van der Waals surface area contributed by atoms with Crippen molar-refractivity contribution in [3.8, 4) is 5.75 Å². The fourth-order valence-electron chi connectivity index (χ4n) is 3.24. The first-order valence-electron chi connectivity index (χ1n) is 8.80. The number of thioether (sulfide) groups is 2. The molecule has 0 amide bonds. The lowest BCUT2D eigenvalue weighted by Crippen LogP contribution is -1.97. The van der Waals surface area contributed by atoms with Gasteiger partial charge in [-0.3, -0.25) is 5.10 Å². The normalized spacial score (nSPS) is 15.1. The van der Waals surface area contributed by atoms with E-state index in [1.54, 1.807) is 12.1 Å². The van der Waals surface area contributed by atoms with E-state index in [0.717, 1.165) is 28.9 Å². The summed E-state index contributed by atoms with van der Waals surface area (Å²) in [5, 5.41) is 8.01. The molecular weight excluding hydrogens is 376 g/mol. The average Bonchev–Trinajstić information content (AvgIpc) is 3.30. The van der Waals surface area contributed by atoms with Crippen molar-refractivity contribution >= 4 is 23.5 Å². The van der Waals surface area contributed by atoms with E-state index in [2.05, 4.69) is 15.2 Å². The Bertz CT molecular complexity index is 705. The number of aromatic amines is 1. The third-order valence-electron chi connectivity index (χ3n) is 4.59. The van der Waals surface area contributed by atoms with Gasteiger partial charge in [0.25, 0.3) is 5.76 Å². The van der Waals surface area contributed by atoms with E-state index in [1.165, 1.54) is 51.0 Å². The zero-order valence-corrected chi connectivity index (χ0v) is 16.3. The van der Waals surface area contributed by atoms with Gasteiger partial charge in [-0.25, -0.2) is 4.98 Å². The smallest absolute Gasteiger partial charge is 0.289 e. The lowest BCUT2D eigenvalue weighted by atomic mass is 10.0. The van der Waals surface area contributed by atoms with Crippen molar-refractivity contribution in [2.75, 3.05) is 7.11 Å². The highest BCUT2D eigenvalue weighted by molar-refractivity contribution is 7.99. The summed E-state index contributed by atoms with van der Waals surface area (Å²) in [5.41, 5.74) is 0.989. The molecule has 1 aliphatic carbocycles. The molecule has 0 radical (unpaired) electrons. The molecule has 1 N–H and O–H groups in total. The number of hydrogen-bond donors (Lipinski definition) is 1. The number of alkyl halides is 2. The maximum absolute atomic E-state index is 12.6. The molecule has 1 aromatic heterocycles. The van der Waals surface area contributed by atoms with Gasteiger partial charge in [0.1, 0.15) is 11.6 Å². The number of methoxy groups -OCH3 is 1. The fraction of sp³-hybridized carbons (Fsp3) is 0.556. The van der Waals surface area contributed by atoms with Crippen LogP contribution in [0.5, 0.6) is 5.75 Å². The van der Waals surface area contributed by atoms with Crippen LogP contribution in [0.4, 0.5) is 8.78 Å². The number of rotatable bonds is 9. The summed E-state index contributed by atoms with van der Waals surface area (Å²) in [6.45, 7) is 0. The third-order valence-corrected chi connectivity index (χ3v) is 6.28. The standard InChI is InChI=1S/C18H23F2N3OS2/c1-24-14-10-13(6-8-15(14)26-17(19)20)11-25-18-21-16(22-23-18)9-7-12-4-2-3-5-12/h6,8,10,12,17H,2-5,7,9,11H2,1H3,(H,21,22,23). The summed E-state index contributed by atoms with van der Waals surface area (Å²) >= 11 is 2.02. The molecule has 3 rings (SSSR count). The Morgan fingerprint density at radius 2 is 2.12 bits per heavy atom. The van der Waals surface area contributed by atoms with Gasteiger partial charge in [-0.05, 0) is 30.0 Å². The minimum atomic E-state index is -2.46. The Labute approximate surface area is 160 Å². The number of ether oxygens (including phenoxy) is 1. The largest absolute Gasteiger partial charge is 0.496 e. The summed E-state index contributed by atoms with van der Waals surface area (Å²) < 4.78 is 30.3. The number of aryl methyl sites for hydroxylation is 1. The van der Waals surface area contributed by atoms with Crippen molar-refractivity contribution in [1.29, 1.82) is 0 Å². The Hall–Kier alpha value is -1.28. The van der Waals surface area contributed by atoms with Crippen LogP contribution >= 0.6 is 23.5 Å². The maximum Gasteiger partial charge on any atom is 0.289 e. The molecule has 0 bridgehead atoms. The van der Waals surface area contributed by atoms with E-state index in [9.17, 15) is 8.78 Å². The number of benzene rings is 1. The Balaban J connectivity index is 1.52. The quantitative estimate of drug-likeness (QED) is 0.561. The Kier molecular flexibility index (Phi) is 7.19. The fourth-order valence-corrected chi connectivity index (χ4v) is 4.59. The monoisotopic (exact) mass is 399 g/mol. The van der Waals surface area contributed by atoms with Gasteiger partial charge < -0.3 is 4.74 Å². The van der Waals surface area contributed by atoms with Crippen LogP contribution in [0.1, 0.15) is 43.5 Å². The van der Waals surface area contributed by atoms with Crippen molar-refractivity contribution in [3.05, 3.63) is 29.6 Å². The molecule has 0 atom stereocenters. The Morgan fingerprint density at radius 3 is 2.85 bits per heavy atom. The van der Waals surface area contributed by atoms with Crippen molar-refractivity contribution in [3.63, 3.8) is 0 Å². The summed E-state index contributed by atoms with van der Waals surface area (Å²) in [4.78, 5) is 5.00. The highest BCUT2D eigenvalue weighted by atomic mass is 32.2. The lowest BCUT2D eigenvalue weighted by molar-refractivity contribution is 0.251. The summed E-state index contributed by atoms with van der Waals surface area (Å²) in [5.74, 6) is 0.463. The molecule has 0 unspecified atom stereocenters. The van der Waals surface area contributed by atoms with Gasteiger partial charge in [0.05, 0.1) is 12.0 Å². The van der Waals surface area contributed by atoms with Crippen LogP contribution < -0.4 is 4.74 Å². The van der Waals surface area contributed by atoms with Crippen LogP contribution in [0, 0.1) is 5.92 Å². The van der Waals surface area contributed by atoms with Crippen molar-refractivity contribution in [2.45, 2.75) is 60.1 Å². The second-order valence-corrected chi connectivity index (χ2v) is 8.38. The molecule has 8 heteroatoms. The van der Waals surface area contributed by atoms with Gasteiger partial charge in [-0.2, -0.15) is 8.78 Å². The van der Waals surface area contributed by atoms with Crippen molar-refractivity contribution in [2.24, 2.45) is 5.92 Å². The average molecular weight is 400 g/mol. The van der Waals surface area contributed by atoms with E-state index in [-0.39, 0.29) is 0 Å². The molecule has 1 fully saturated rings. The SMILES string of the molecule is COc1cc(CSc2n[nH]c(CCC3CCCC3)n2)ccc1SC(F)F. The zero-order valence-electron chi connectivity index (χ0n) is 14.7.